The van der Waals surface area contributed by atoms with Crippen molar-refractivity contribution in [2.75, 3.05) is 0 Å². The highest BCUT2D eigenvalue weighted by molar-refractivity contribution is 9.10. The highest BCUT2D eigenvalue weighted by Gasteiger charge is 2.05. The Hall–Kier alpha value is -0.910. The topological polar surface area (TPSA) is 35.2 Å². The molecule has 2 nitrogen and oxygen atoms in total. The van der Waals surface area contributed by atoms with Crippen LogP contribution in [-0.2, 0) is 13.2 Å². The Morgan fingerprint density at radius 2 is 1.89 bits per heavy atom. The number of hydrogen-bond acceptors (Lipinski definition) is 2. The summed E-state index contributed by atoms with van der Waals surface area (Å²) < 4.78 is 20.2. The van der Waals surface area contributed by atoms with E-state index in [0.29, 0.717) is 17.6 Å². The molecule has 0 radical (unpaired) electrons. The first-order valence-electron chi connectivity index (χ1n) is 5.65. The maximum Gasteiger partial charge on any atom is 0.137 e. The Bertz CT molecular complexity index is 590. The first-order valence-corrected chi connectivity index (χ1v) is 7.24. The lowest BCUT2D eigenvalue weighted by atomic mass is 10.2. The second-order valence-electron chi connectivity index (χ2n) is 3.99. The third-order valence-electron chi connectivity index (χ3n) is 2.62. The second kappa shape index (κ2) is 6.50. The van der Waals surface area contributed by atoms with E-state index in [9.17, 15) is 4.39 Å². The van der Waals surface area contributed by atoms with Crippen LogP contribution in [-0.4, -0.2) is 0 Å². The molecular formula is C14H12Br2FNO. The van der Waals surface area contributed by atoms with Gasteiger partial charge in [0.25, 0.3) is 0 Å². The normalized spacial score (nSPS) is 10.5. The zero-order chi connectivity index (χ0) is 13.8. The van der Waals surface area contributed by atoms with Crippen LogP contribution in [0.5, 0.6) is 5.75 Å². The van der Waals surface area contributed by atoms with Crippen molar-refractivity contribution in [3.8, 4) is 5.75 Å². The molecule has 0 aromatic heterocycles. The molecule has 0 aliphatic carbocycles. The smallest absolute Gasteiger partial charge is 0.137 e. The van der Waals surface area contributed by atoms with Crippen LogP contribution in [0.1, 0.15) is 11.1 Å². The van der Waals surface area contributed by atoms with Gasteiger partial charge in [-0.25, -0.2) is 4.39 Å². The van der Waals surface area contributed by atoms with Crippen molar-refractivity contribution in [2.45, 2.75) is 13.2 Å². The number of rotatable bonds is 4. The van der Waals surface area contributed by atoms with E-state index in [1.165, 1.54) is 6.07 Å². The molecule has 0 aliphatic rings. The monoisotopic (exact) mass is 387 g/mol. The molecule has 0 saturated carbocycles. The van der Waals surface area contributed by atoms with Crippen molar-refractivity contribution in [1.82, 2.24) is 0 Å². The van der Waals surface area contributed by atoms with Gasteiger partial charge in [-0.2, -0.15) is 0 Å². The van der Waals surface area contributed by atoms with Crippen LogP contribution in [0, 0.1) is 5.82 Å². The van der Waals surface area contributed by atoms with Gasteiger partial charge in [0, 0.05) is 16.6 Å². The van der Waals surface area contributed by atoms with E-state index in [1.54, 1.807) is 12.1 Å². The molecule has 0 saturated heterocycles. The van der Waals surface area contributed by atoms with Crippen LogP contribution in [0.2, 0.25) is 0 Å². The van der Waals surface area contributed by atoms with Crippen LogP contribution in [0.4, 0.5) is 4.39 Å². The van der Waals surface area contributed by atoms with E-state index >= 15 is 0 Å². The van der Waals surface area contributed by atoms with Gasteiger partial charge >= 0.3 is 0 Å². The van der Waals surface area contributed by atoms with Gasteiger partial charge in [0.05, 0.1) is 4.47 Å². The van der Waals surface area contributed by atoms with Crippen molar-refractivity contribution in [2.24, 2.45) is 5.73 Å². The summed E-state index contributed by atoms with van der Waals surface area (Å²) in [6.45, 7) is 0.773. The number of benzene rings is 2. The zero-order valence-corrected chi connectivity index (χ0v) is 13.2. The molecule has 100 valence electrons. The third kappa shape index (κ3) is 3.78. The lowest BCUT2D eigenvalue weighted by Crippen LogP contribution is -2.03. The highest BCUT2D eigenvalue weighted by atomic mass is 79.9. The fourth-order valence-corrected chi connectivity index (χ4v) is 2.47. The SMILES string of the molecule is NCc1cc(Br)ccc1OCc1ccc(F)c(Br)c1. The van der Waals surface area contributed by atoms with E-state index in [2.05, 4.69) is 31.9 Å². The maximum atomic E-state index is 13.1. The van der Waals surface area contributed by atoms with Gasteiger partial charge in [-0.05, 0) is 51.8 Å². The Kier molecular flexibility index (Phi) is 4.96. The summed E-state index contributed by atoms with van der Waals surface area (Å²) in [7, 11) is 0. The van der Waals surface area contributed by atoms with E-state index in [-0.39, 0.29) is 5.82 Å². The van der Waals surface area contributed by atoms with Gasteiger partial charge < -0.3 is 10.5 Å². The van der Waals surface area contributed by atoms with Crippen molar-refractivity contribution < 1.29 is 9.13 Å². The summed E-state index contributed by atoms with van der Waals surface area (Å²) in [5.41, 5.74) is 7.49. The number of ether oxygens (including phenoxy) is 1. The van der Waals surface area contributed by atoms with E-state index in [0.717, 1.165) is 21.3 Å². The third-order valence-corrected chi connectivity index (χ3v) is 3.72. The van der Waals surface area contributed by atoms with Crippen LogP contribution in [0.15, 0.2) is 45.3 Å². The minimum absolute atomic E-state index is 0.282. The molecule has 0 spiro atoms. The van der Waals surface area contributed by atoms with Crippen molar-refractivity contribution >= 4 is 31.9 Å². The quantitative estimate of drug-likeness (QED) is 0.842. The molecule has 2 N–H and O–H groups in total. The fourth-order valence-electron chi connectivity index (χ4n) is 1.64. The molecule has 2 aromatic carbocycles. The largest absolute Gasteiger partial charge is 0.489 e. The Labute approximate surface area is 128 Å². The minimum atomic E-state index is -0.282. The molecule has 5 heteroatoms. The first-order chi connectivity index (χ1) is 9.10. The predicted molar refractivity (Wildman–Crippen MR) is 80.5 cm³/mol. The van der Waals surface area contributed by atoms with Crippen molar-refractivity contribution in [1.29, 1.82) is 0 Å². The summed E-state index contributed by atoms with van der Waals surface area (Å²) in [6, 6.07) is 10.5. The average Bonchev–Trinajstić information content (AvgIpc) is 2.41. The second-order valence-corrected chi connectivity index (χ2v) is 5.76. The molecule has 0 atom stereocenters. The Balaban J connectivity index is 2.12. The molecule has 0 amide bonds. The molecule has 0 bridgehead atoms. The molecule has 0 fully saturated rings. The van der Waals surface area contributed by atoms with Crippen LogP contribution in [0.25, 0.3) is 0 Å². The average molecular weight is 389 g/mol. The van der Waals surface area contributed by atoms with Gasteiger partial charge in [0.15, 0.2) is 0 Å². The predicted octanol–water partition coefficient (Wildman–Crippen LogP) is 4.39. The Morgan fingerprint density at radius 1 is 1.11 bits per heavy atom. The summed E-state index contributed by atoms with van der Waals surface area (Å²) >= 11 is 6.54. The Morgan fingerprint density at radius 3 is 2.58 bits per heavy atom. The van der Waals surface area contributed by atoms with Gasteiger partial charge in [0.2, 0.25) is 0 Å². The molecular weight excluding hydrogens is 377 g/mol. The van der Waals surface area contributed by atoms with E-state index < -0.39 is 0 Å². The van der Waals surface area contributed by atoms with Gasteiger partial charge in [-0.15, -0.1) is 0 Å². The maximum absolute atomic E-state index is 13.1. The number of nitrogens with two attached hydrogens (primary N) is 1. The van der Waals surface area contributed by atoms with Gasteiger partial charge in [0.1, 0.15) is 18.2 Å². The van der Waals surface area contributed by atoms with Gasteiger partial charge in [-0.3, -0.25) is 0 Å². The van der Waals surface area contributed by atoms with Crippen molar-refractivity contribution in [3.63, 3.8) is 0 Å². The highest BCUT2D eigenvalue weighted by Crippen LogP contribution is 2.24. The molecule has 0 aliphatic heterocycles. The molecule has 2 rings (SSSR count). The number of hydrogen-bond donors (Lipinski definition) is 1. The van der Waals surface area contributed by atoms with Crippen LogP contribution in [0.3, 0.4) is 0 Å². The molecule has 0 heterocycles. The lowest BCUT2D eigenvalue weighted by Gasteiger charge is -2.11. The summed E-state index contributed by atoms with van der Waals surface area (Å²) in [5, 5.41) is 0. The van der Waals surface area contributed by atoms with E-state index in [4.69, 9.17) is 10.5 Å². The van der Waals surface area contributed by atoms with Crippen LogP contribution < -0.4 is 10.5 Å². The number of halogens is 3. The van der Waals surface area contributed by atoms with E-state index in [1.807, 2.05) is 18.2 Å². The van der Waals surface area contributed by atoms with Crippen molar-refractivity contribution in [3.05, 3.63) is 62.3 Å². The fraction of sp³-hybridized carbons (Fsp3) is 0.143. The molecule has 2 aromatic rings. The first kappa shape index (κ1) is 14.5. The summed E-state index contributed by atoms with van der Waals surface area (Å²) in [6.07, 6.45) is 0. The standard InChI is InChI=1S/C14H12Br2FNO/c15-11-2-4-14(10(6-11)7-18)19-8-9-1-3-13(17)12(16)5-9/h1-6H,7-8,18H2. The zero-order valence-electron chi connectivity index (χ0n) is 10.00. The molecule has 0 unspecified atom stereocenters. The summed E-state index contributed by atoms with van der Waals surface area (Å²) in [5.74, 6) is 0.459. The lowest BCUT2D eigenvalue weighted by molar-refractivity contribution is 0.302. The minimum Gasteiger partial charge on any atom is -0.489 e. The van der Waals surface area contributed by atoms with Gasteiger partial charge in [-0.1, -0.05) is 22.0 Å². The summed E-state index contributed by atoms with van der Waals surface area (Å²) in [4.78, 5) is 0. The molecule has 19 heavy (non-hydrogen) atoms. The van der Waals surface area contributed by atoms with Crippen LogP contribution >= 0.6 is 31.9 Å².